The number of nitrogens with zero attached hydrogens (tertiary/aromatic N) is 3. The van der Waals surface area contributed by atoms with Gasteiger partial charge >= 0.3 is 6.03 Å². The van der Waals surface area contributed by atoms with Gasteiger partial charge in [-0.05, 0) is 18.1 Å². The van der Waals surface area contributed by atoms with Gasteiger partial charge in [0.25, 0.3) is 0 Å². The molecule has 1 N–H and O–H groups in total. The Morgan fingerprint density at radius 2 is 2.09 bits per heavy atom. The van der Waals surface area contributed by atoms with E-state index in [1.165, 1.54) is 4.90 Å². The fourth-order valence-electron chi connectivity index (χ4n) is 2.86. The number of fused-ring (bicyclic) bond motifs is 3. The maximum absolute atomic E-state index is 12.5. The Hall–Kier alpha value is -2.57. The maximum Gasteiger partial charge on any atom is 0.324 e. The quantitative estimate of drug-likeness (QED) is 0.900. The molecule has 2 aromatic rings. The molecule has 2 heterocycles. The lowest BCUT2D eigenvalue weighted by atomic mass is 9.99. The van der Waals surface area contributed by atoms with E-state index in [0.717, 1.165) is 11.0 Å². The molecule has 122 valence electrons. The maximum atomic E-state index is 12.5. The molecule has 2 atom stereocenters. The first kappa shape index (κ1) is 15.3. The highest BCUT2D eigenvalue weighted by molar-refractivity contribution is 5.95. The number of aliphatic carboxylic acids is 1. The number of carbonyl (C=O) groups is 2. The average Bonchev–Trinajstić information content (AvgIpc) is 3.10. The third-order valence-electron chi connectivity index (χ3n) is 4.41. The molecule has 0 radical (unpaired) electrons. The second-order valence-electron chi connectivity index (χ2n) is 5.84. The number of carbonyl (C=O) groups excluding carboxylic acids is 2. The van der Waals surface area contributed by atoms with Crippen LogP contribution in [0.5, 0.6) is 0 Å². The number of urea groups is 1. The number of carboxylic acid groups (broad SMARTS) is 1. The Morgan fingerprint density at radius 3 is 2.78 bits per heavy atom. The number of nitrogens with one attached hydrogen (secondary N) is 1. The van der Waals surface area contributed by atoms with E-state index in [2.05, 4.69) is 10.3 Å². The molecule has 0 spiro atoms. The molecule has 7 heteroatoms. The lowest BCUT2D eigenvalue weighted by Crippen LogP contribution is -2.54. The van der Waals surface area contributed by atoms with Crippen molar-refractivity contribution < 1.29 is 14.7 Å². The average molecular weight is 315 g/mol. The normalized spacial score (nSPS) is 16.2. The smallest absolute Gasteiger partial charge is 0.324 e. The Balaban J connectivity index is 1.84. The van der Waals surface area contributed by atoms with Gasteiger partial charge in [0.15, 0.2) is 0 Å². The first-order valence-corrected chi connectivity index (χ1v) is 7.77. The largest absolute Gasteiger partial charge is 0.548 e. The van der Waals surface area contributed by atoms with E-state index in [1.807, 2.05) is 35.8 Å². The van der Waals surface area contributed by atoms with Crippen molar-refractivity contribution in [3.8, 4) is 0 Å². The molecule has 0 saturated carbocycles. The Morgan fingerprint density at radius 1 is 1.35 bits per heavy atom. The van der Waals surface area contributed by atoms with E-state index in [-0.39, 0.29) is 5.92 Å². The van der Waals surface area contributed by atoms with Gasteiger partial charge in [0.2, 0.25) is 5.95 Å². The molecule has 0 bridgehead atoms. The van der Waals surface area contributed by atoms with Crippen LogP contribution < -0.4 is 15.3 Å². The van der Waals surface area contributed by atoms with Crippen LogP contribution in [0.4, 0.5) is 10.7 Å². The minimum atomic E-state index is -1.26. The van der Waals surface area contributed by atoms with Crippen LogP contribution in [0, 0.1) is 5.92 Å². The zero-order chi connectivity index (χ0) is 16.6. The first-order valence-electron chi connectivity index (χ1n) is 7.77. The van der Waals surface area contributed by atoms with Crippen molar-refractivity contribution in [1.29, 1.82) is 0 Å². The molecular formula is C16H19N4O3-. The fraction of sp³-hybridized carbons (Fsp3) is 0.438. The minimum Gasteiger partial charge on any atom is -0.548 e. The van der Waals surface area contributed by atoms with Gasteiger partial charge < -0.3 is 19.8 Å². The number of imidazole rings is 1. The zero-order valence-electron chi connectivity index (χ0n) is 13.2. The van der Waals surface area contributed by atoms with Gasteiger partial charge in [0.1, 0.15) is 0 Å². The standard InChI is InChI=1S/C16H20N4O3/c1-3-10(2)13(14(21)22)18-16(23)20-9-8-19-12-7-5-4-6-11(12)17-15(19)20/h4-7,10,13H,3,8-9H2,1-2H3,(H,18,23)(H,21,22)/p-1/t10-,13+/m1/s1. The summed E-state index contributed by atoms with van der Waals surface area (Å²) in [5, 5.41) is 13.8. The van der Waals surface area contributed by atoms with E-state index in [4.69, 9.17) is 0 Å². The van der Waals surface area contributed by atoms with Crippen molar-refractivity contribution in [1.82, 2.24) is 14.9 Å². The summed E-state index contributed by atoms with van der Waals surface area (Å²) in [4.78, 5) is 29.7. The summed E-state index contributed by atoms with van der Waals surface area (Å²) >= 11 is 0. The van der Waals surface area contributed by atoms with Gasteiger partial charge in [0, 0.05) is 13.1 Å². The summed E-state index contributed by atoms with van der Waals surface area (Å²) < 4.78 is 1.96. The minimum absolute atomic E-state index is 0.203. The Kier molecular flexibility index (Phi) is 3.94. The van der Waals surface area contributed by atoms with Crippen molar-refractivity contribution in [2.45, 2.75) is 32.9 Å². The molecule has 2 amide bonds. The van der Waals surface area contributed by atoms with Crippen molar-refractivity contribution >= 4 is 29.0 Å². The van der Waals surface area contributed by atoms with E-state index in [1.54, 1.807) is 6.92 Å². The van der Waals surface area contributed by atoms with Crippen molar-refractivity contribution in [3.05, 3.63) is 24.3 Å². The van der Waals surface area contributed by atoms with Crippen molar-refractivity contribution in [2.24, 2.45) is 5.92 Å². The van der Waals surface area contributed by atoms with Gasteiger partial charge in [-0.2, -0.15) is 0 Å². The summed E-state index contributed by atoms with van der Waals surface area (Å²) in [7, 11) is 0. The number of hydrogen-bond donors (Lipinski definition) is 1. The predicted molar refractivity (Wildman–Crippen MR) is 83.9 cm³/mol. The van der Waals surface area contributed by atoms with Crippen LogP contribution in [-0.2, 0) is 11.3 Å². The third-order valence-corrected chi connectivity index (χ3v) is 4.41. The highest BCUT2D eigenvalue weighted by Crippen LogP contribution is 2.27. The lowest BCUT2D eigenvalue weighted by molar-refractivity contribution is -0.309. The van der Waals surface area contributed by atoms with E-state index >= 15 is 0 Å². The van der Waals surface area contributed by atoms with Gasteiger partial charge in [-0.3, -0.25) is 4.90 Å². The molecule has 3 rings (SSSR count). The molecule has 1 aliphatic rings. The third kappa shape index (κ3) is 2.62. The molecular weight excluding hydrogens is 296 g/mol. The SMILES string of the molecule is CC[C@@H](C)[C@H](NC(=O)N1CCn2c1nc1ccccc12)C(=O)[O-]. The number of amides is 2. The Bertz CT molecular complexity index is 755. The van der Waals surface area contributed by atoms with Crippen LogP contribution in [0.1, 0.15) is 20.3 Å². The van der Waals surface area contributed by atoms with Gasteiger partial charge in [-0.25, -0.2) is 9.78 Å². The number of aromatic nitrogens is 2. The number of hydrogen-bond acceptors (Lipinski definition) is 4. The molecule has 0 aliphatic carbocycles. The number of benzene rings is 1. The summed E-state index contributed by atoms with van der Waals surface area (Å²) in [5.41, 5.74) is 1.79. The highest BCUT2D eigenvalue weighted by Gasteiger charge is 2.30. The van der Waals surface area contributed by atoms with Crippen LogP contribution in [-0.4, -0.2) is 34.1 Å². The van der Waals surface area contributed by atoms with Gasteiger partial charge in [-0.15, -0.1) is 0 Å². The molecule has 1 aliphatic heterocycles. The predicted octanol–water partition coefficient (Wildman–Crippen LogP) is 0.730. The van der Waals surface area contributed by atoms with Crippen molar-refractivity contribution in [2.75, 3.05) is 11.4 Å². The topological polar surface area (TPSA) is 90.3 Å². The summed E-state index contributed by atoms with van der Waals surface area (Å²) in [5.74, 6) is -0.921. The van der Waals surface area contributed by atoms with Crippen LogP contribution in [0.3, 0.4) is 0 Å². The second-order valence-corrected chi connectivity index (χ2v) is 5.84. The van der Waals surface area contributed by atoms with Crippen molar-refractivity contribution in [3.63, 3.8) is 0 Å². The van der Waals surface area contributed by atoms with E-state index < -0.39 is 18.0 Å². The highest BCUT2D eigenvalue weighted by atomic mass is 16.4. The monoisotopic (exact) mass is 315 g/mol. The fourth-order valence-corrected chi connectivity index (χ4v) is 2.86. The van der Waals surface area contributed by atoms with Crippen LogP contribution in [0.2, 0.25) is 0 Å². The molecule has 0 fully saturated rings. The van der Waals surface area contributed by atoms with Crippen LogP contribution >= 0.6 is 0 Å². The molecule has 1 aromatic heterocycles. The Labute approximate surface area is 133 Å². The molecule has 7 nitrogen and oxygen atoms in total. The molecule has 1 aromatic carbocycles. The first-order chi connectivity index (χ1) is 11.0. The summed E-state index contributed by atoms with van der Waals surface area (Å²) in [6.45, 7) is 4.77. The molecule has 0 unspecified atom stereocenters. The molecule has 23 heavy (non-hydrogen) atoms. The second kappa shape index (κ2) is 5.91. The van der Waals surface area contributed by atoms with E-state index in [9.17, 15) is 14.7 Å². The zero-order valence-corrected chi connectivity index (χ0v) is 13.2. The van der Waals surface area contributed by atoms with Crippen LogP contribution in [0.25, 0.3) is 11.0 Å². The van der Waals surface area contributed by atoms with Gasteiger partial charge in [0.05, 0.1) is 23.0 Å². The number of para-hydroxylation sites is 2. The molecule has 0 saturated heterocycles. The van der Waals surface area contributed by atoms with Gasteiger partial charge in [-0.1, -0.05) is 32.4 Å². The number of carboxylic acids is 1. The van der Waals surface area contributed by atoms with E-state index in [0.29, 0.717) is 25.5 Å². The summed E-state index contributed by atoms with van der Waals surface area (Å²) in [6.07, 6.45) is 0.636. The lowest BCUT2D eigenvalue weighted by Gasteiger charge is -2.27. The van der Waals surface area contributed by atoms with Crippen LogP contribution in [0.15, 0.2) is 24.3 Å². The summed E-state index contributed by atoms with van der Waals surface area (Å²) in [6, 6.07) is 6.20. The number of rotatable bonds is 4. The number of anilines is 1.